The van der Waals surface area contributed by atoms with Gasteiger partial charge in [-0.05, 0) is 25.1 Å². The van der Waals surface area contributed by atoms with Gasteiger partial charge in [-0.3, -0.25) is 29.0 Å². The second kappa shape index (κ2) is 7.88. The molecule has 11 heteroatoms. The van der Waals surface area contributed by atoms with E-state index in [1.807, 2.05) is 0 Å². The normalized spacial score (nSPS) is 11.9. The molecule has 11 nitrogen and oxygen atoms in total. The molecule has 3 rings (SSSR count). The molecule has 0 aliphatic heterocycles. The summed E-state index contributed by atoms with van der Waals surface area (Å²) in [6.07, 6.45) is 2.88. The molecule has 5 N–H and O–H groups in total. The predicted octanol–water partition coefficient (Wildman–Crippen LogP) is -1.16. The molecule has 146 valence electrons. The summed E-state index contributed by atoms with van der Waals surface area (Å²) in [6, 6.07) is 3.87. The Labute approximate surface area is 157 Å². The third kappa shape index (κ3) is 4.15. The van der Waals surface area contributed by atoms with Crippen LogP contribution in [0.2, 0.25) is 0 Å². The topological polar surface area (TPSA) is 162 Å². The fraction of sp³-hybridized carbons (Fsp3) is 0.235. The van der Waals surface area contributed by atoms with Crippen LogP contribution >= 0.6 is 0 Å². The first-order valence-electron chi connectivity index (χ1n) is 8.32. The van der Waals surface area contributed by atoms with Crippen molar-refractivity contribution in [3.63, 3.8) is 0 Å². The Hall–Kier alpha value is -3.73. The summed E-state index contributed by atoms with van der Waals surface area (Å²) in [5.74, 6) is -1.30. The van der Waals surface area contributed by atoms with E-state index in [0.717, 1.165) is 15.5 Å². The van der Waals surface area contributed by atoms with E-state index in [1.54, 1.807) is 24.4 Å². The van der Waals surface area contributed by atoms with Crippen LogP contribution in [0.15, 0.2) is 40.2 Å². The quantitative estimate of drug-likeness (QED) is 0.359. The summed E-state index contributed by atoms with van der Waals surface area (Å²) in [6.45, 7) is 0.441. The average molecular weight is 386 g/mol. The van der Waals surface area contributed by atoms with Crippen molar-refractivity contribution in [3.8, 4) is 0 Å². The van der Waals surface area contributed by atoms with Crippen LogP contribution in [0.1, 0.15) is 5.56 Å². The van der Waals surface area contributed by atoms with Gasteiger partial charge in [0.1, 0.15) is 12.6 Å². The van der Waals surface area contributed by atoms with E-state index < -0.39 is 42.3 Å². The third-order valence-corrected chi connectivity index (χ3v) is 4.05. The number of carbonyl (C=O) groups is 2. The molecule has 3 aromatic rings. The van der Waals surface area contributed by atoms with Gasteiger partial charge in [0.05, 0.1) is 18.3 Å². The maximum absolute atomic E-state index is 12.3. The molecular formula is C17H18N6O5. The maximum atomic E-state index is 12.3. The molecular weight excluding hydrogens is 368 g/mol. The number of aryl methyl sites for hydroxylation is 1. The smallest absolute Gasteiger partial charge is 0.328 e. The standard InChI is InChI=1S/C17H18N6O5/c1-9-6-23(17(28)21-15(9)26)7-14(25)20-13(8-24)16(27)19-11-3-2-10-5-18-22-12(10)4-11/h2-6,13,24H,7-8H2,1H3,(H,18,22)(H,19,27)(H,20,25)(H,21,26,28)/t13-/m0/s1. The molecule has 0 fully saturated rings. The van der Waals surface area contributed by atoms with Crippen molar-refractivity contribution in [3.05, 3.63) is 57.0 Å². The molecule has 0 aliphatic carbocycles. The van der Waals surface area contributed by atoms with Crippen molar-refractivity contribution in [2.45, 2.75) is 19.5 Å². The Morgan fingerprint density at radius 3 is 2.86 bits per heavy atom. The lowest BCUT2D eigenvalue weighted by Gasteiger charge is -2.16. The largest absolute Gasteiger partial charge is 0.394 e. The van der Waals surface area contributed by atoms with E-state index >= 15 is 0 Å². The monoisotopic (exact) mass is 386 g/mol. The van der Waals surface area contributed by atoms with Crippen molar-refractivity contribution in [1.29, 1.82) is 0 Å². The number of aromatic amines is 2. The van der Waals surface area contributed by atoms with Crippen LogP contribution < -0.4 is 21.9 Å². The minimum absolute atomic E-state index is 0.262. The van der Waals surface area contributed by atoms with Crippen LogP contribution in [0, 0.1) is 6.92 Å². The minimum atomic E-state index is -1.22. The van der Waals surface area contributed by atoms with E-state index in [1.165, 1.54) is 13.1 Å². The number of H-pyrrole nitrogens is 2. The SMILES string of the molecule is Cc1cn(CC(=O)N[C@@H](CO)C(=O)Nc2ccc3cn[nH]c3c2)c(=O)[nH]c1=O. The van der Waals surface area contributed by atoms with Crippen LogP contribution in [0.4, 0.5) is 5.69 Å². The van der Waals surface area contributed by atoms with E-state index in [2.05, 4.69) is 25.8 Å². The second-order valence-corrected chi connectivity index (χ2v) is 6.16. The first-order valence-corrected chi connectivity index (χ1v) is 8.32. The highest BCUT2D eigenvalue weighted by Crippen LogP contribution is 2.16. The number of amides is 2. The van der Waals surface area contributed by atoms with Gasteiger partial charge < -0.3 is 15.7 Å². The number of carbonyl (C=O) groups excluding carboxylic acids is 2. The molecule has 2 heterocycles. The first-order chi connectivity index (χ1) is 13.4. The van der Waals surface area contributed by atoms with Gasteiger partial charge in [-0.15, -0.1) is 0 Å². The molecule has 0 aliphatic rings. The Bertz CT molecular complexity index is 1140. The minimum Gasteiger partial charge on any atom is -0.394 e. The molecule has 0 saturated heterocycles. The number of aromatic nitrogens is 4. The van der Waals surface area contributed by atoms with Crippen LogP contribution in [0.5, 0.6) is 0 Å². The van der Waals surface area contributed by atoms with Gasteiger partial charge in [-0.1, -0.05) is 0 Å². The molecule has 2 amide bonds. The van der Waals surface area contributed by atoms with Crippen molar-refractivity contribution in [1.82, 2.24) is 25.1 Å². The van der Waals surface area contributed by atoms with Gasteiger partial charge in [0.15, 0.2) is 0 Å². The summed E-state index contributed by atoms with van der Waals surface area (Å²) in [5.41, 5.74) is 0.155. The van der Waals surface area contributed by atoms with Crippen molar-refractivity contribution < 1.29 is 14.7 Å². The number of nitrogens with zero attached hydrogens (tertiary/aromatic N) is 2. The molecule has 0 bridgehead atoms. The highest BCUT2D eigenvalue weighted by Gasteiger charge is 2.20. The molecule has 0 saturated carbocycles. The highest BCUT2D eigenvalue weighted by molar-refractivity contribution is 5.98. The number of fused-ring (bicyclic) bond motifs is 1. The van der Waals surface area contributed by atoms with Crippen molar-refractivity contribution in [2.75, 3.05) is 11.9 Å². The molecule has 0 radical (unpaired) electrons. The summed E-state index contributed by atoms with van der Waals surface area (Å²) in [4.78, 5) is 49.7. The number of anilines is 1. The zero-order valence-corrected chi connectivity index (χ0v) is 14.9. The fourth-order valence-electron chi connectivity index (χ4n) is 2.57. The Kier molecular flexibility index (Phi) is 5.36. The average Bonchev–Trinajstić information content (AvgIpc) is 3.11. The zero-order valence-electron chi connectivity index (χ0n) is 14.9. The zero-order chi connectivity index (χ0) is 20.3. The Morgan fingerprint density at radius 1 is 1.32 bits per heavy atom. The number of nitrogens with one attached hydrogen (secondary N) is 4. The van der Waals surface area contributed by atoms with Crippen LogP contribution in [-0.4, -0.2) is 49.3 Å². The van der Waals surface area contributed by atoms with Gasteiger partial charge >= 0.3 is 5.69 Å². The number of benzene rings is 1. The lowest BCUT2D eigenvalue weighted by Crippen LogP contribution is -2.48. The molecule has 28 heavy (non-hydrogen) atoms. The van der Waals surface area contributed by atoms with E-state index in [-0.39, 0.29) is 5.56 Å². The van der Waals surface area contributed by atoms with Gasteiger partial charge in [0, 0.05) is 22.8 Å². The number of hydrogen-bond acceptors (Lipinski definition) is 6. The molecule has 1 atom stereocenters. The summed E-state index contributed by atoms with van der Waals surface area (Å²) < 4.78 is 1.00. The first kappa shape index (κ1) is 19.0. The van der Waals surface area contributed by atoms with Crippen molar-refractivity contribution in [2.24, 2.45) is 0 Å². The highest BCUT2D eigenvalue weighted by atomic mass is 16.3. The summed E-state index contributed by atoms with van der Waals surface area (Å²) in [7, 11) is 0. The Balaban J connectivity index is 1.66. The van der Waals surface area contributed by atoms with Crippen LogP contribution in [0.25, 0.3) is 10.9 Å². The lowest BCUT2D eigenvalue weighted by molar-refractivity contribution is -0.127. The maximum Gasteiger partial charge on any atom is 0.328 e. The van der Waals surface area contributed by atoms with E-state index in [0.29, 0.717) is 5.69 Å². The lowest BCUT2D eigenvalue weighted by atomic mass is 10.2. The summed E-state index contributed by atoms with van der Waals surface area (Å²) in [5, 5.41) is 21.9. The van der Waals surface area contributed by atoms with E-state index in [4.69, 9.17) is 0 Å². The molecule has 2 aromatic heterocycles. The molecule has 0 spiro atoms. The van der Waals surface area contributed by atoms with Crippen LogP contribution in [-0.2, 0) is 16.1 Å². The van der Waals surface area contributed by atoms with E-state index in [9.17, 15) is 24.3 Å². The van der Waals surface area contributed by atoms with Crippen LogP contribution in [0.3, 0.4) is 0 Å². The van der Waals surface area contributed by atoms with Gasteiger partial charge in [-0.2, -0.15) is 5.10 Å². The van der Waals surface area contributed by atoms with Gasteiger partial charge in [-0.25, -0.2) is 4.79 Å². The molecule has 0 unspecified atom stereocenters. The predicted molar refractivity (Wildman–Crippen MR) is 99.8 cm³/mol. The third-order valence-electron chi connectivity index (χ3n) is 4.05. The number of rotatable bonds is 6. The number of aliphatic hydroxyl groups is 1. The van der Waals surface area contributed by atoms with Crippen molar-refractivity contribution >= 4 is 28.4 Å². The second-order valence-electron chi connectivity index (χ2n) is 6.16. The number of hydrogen-bond donors (Lipinski definition) is 5. The fourth-order valence-corrected chi connectivity index (χ4v) is 2.57. The molecule has 1 aromatic carbocycles. The van der Waals surface area contributed by atoms with Gasteiger partial charge in [0.25, 0.3) is 5.56 Å². The van der Waals surface area contributed by atoms with Gasteiger partial charge in [0.2, 0.25) is 11.8 Å². The number of aliphatic hydroxyl groups excluding tert-OH is 1. The Morgan fingerprint density at radius 2 is 2.11 bits per heavy atom. The summed E-state index contributed by atoms with van der Waals surface area (Å²) >= 11 is 0.